The number of carbonyl (C=O) groups excluding carboxylic acids is 2. The van der Waals surface area contributed by atoms with Crippen LogP contribution in [0.15, 0.2) is 78.9 Å². The second kappa shape index (κ2) is 10.5. The molecular formula is C25H22N4O3S. The van der Waals surface area contributed by atoms with E-state index in [-0.39, 0.29) is 11.8 Å². The minimum atomic E-state index is -0.284. The van der Waals surface area contributed by atoms with Crippen LogP contribution >= 0.6 is 11.3 Å². The summed E-state index contributed by atoms with van der Waals surface area (Å²) in [6.45, 7) is 0. The van der Waals surface area contributed by atoms with Crippen molar-refractivity contribution in [2.24, 2.45) is 0 Å². The van der Waals surface area contributed by atoms with Crippen LogP contribution < -0.4 is 15.4 Å². The molecule has 1 heterocycles. The lowest BCUT2D eigenvalue weighted by Gasteiger charge is -2.06. The number of carbonyl (C=O) groups is 2. The number of benzene rings is 3. The van der Waals surface area contributed by atoms with Gasteiger partial charge in [-0.25, -0.2) is 0 Å². The largest absolute Gasteiger partial charge is 0.497 e. The maximum atomic E-state index is 12.5. The fourth-order valence-electron chi connectivity index (χ4n) is 3.12. The van der Waals surface area contributed by atoms with E-state index in [0.29, 0.717) is 21.9 Å². The molecule has 0 atom stereocenters. The molecule has 33 heavy (non-hydrogen) atoms. The normalized spacial score (nSPS) is 10.5. The van der Waals surface area contributed by atoms with Gasteiger partial charge in [0.1, 0.15) is 10.8 Å². The first-order valence-electron chi connectivity index (χ1n) is 10.3. The first-order chi connectivity index (χ1) is 16.1. The zero-order valence-electron chi connectivity index (χ0n) is 17.9. The molecule has 166 valence electrons. The van der Waals surface area contributed by atoms with Crippen molar-refractivity contribution in [2.75, 3.05) is 17.7 Å². The summed E-state index contributed by atoms with van der Waals surface area (Å²) in [5, 5.41) is 15.1. The van der Waals surface area contributed by atoms with Gasteiger partial charge in [-0.2, -0.15) is 0 Å². The lowest BCUT2D eigenvalue weighted by molar-refractivity contribution is 0.102. The first kappa shape index (κ1) is 22.2. The van der Waals surface area contributed by atoms with Crippen molar-refractivity contribution in [3.05, 3.63) is 101 Å². The molecule has 8 heteroatoms. The number of hydrogen-bond donors (Lipinski definition) is 2. The smallest absolute Gasteiger partial charge is 0.257 e. The topological polar surface area (TPSA) is 93.2 Å². The molecule has 4 aromatic rings. The van der Waals surface area contributed by atoms with Crippen LogP contribution in [0.4, 0.5) is 10.8 Å². The number of anilines is 2. The number of ether oxygens (including phenoxy) is 1. The van der Waals surface area contributed by atoms with Crippen LogP contribution in [-0.4, -0.2) is 29.1 Å². The molecule has 7 nitrogen and oxygen atoms in total. The van der Waals surface area contributed by atoms with Crippen molar-refractivity contribution < 1.29 is 14.3 Å². The minimum absolute atomic E-state index is 0.205. The summed E-state index contributed by atoms with van der Waals surface area (Å²) in [4.78, 5) is 24.8. The number of aryl methyl sites for hydroxylation is 2. The van der Waals surface area contributed by atoms with Crippen LogP contribution in [0, 0.1) is 0 Å². The van der Waals surface area contributed by atoms with E-state index >= 15 is 0 Å². The Hall–Kier alpha value is -4.04. The lowest BCUT2D eigenvalue weighted by atomic mass is 10.1. The highest BCUT2D eigenvalue weighted by molar-refractivity contribution is 7.15. The third-order valence-corrected chi connectivity index (χ3v) is 5.81. The predicted octanol–water partition coefficient (Wildman–Crippen LogP) is 4.84. The molecule has 0 fully saturated rings. The molecule has 2 N–H and O–H groups in total. The predicted molar refractivity (Wildman–Crippen MR) is 129 cm³/mol. The summed E-state index contributed by atoms with van der Waals surface area (Å²) in [6.07, 6.45) is 1.55. The molecule has 0 radical (unpaired) electrons. The van der Waals surface area contributed by atoms with E-state index in [4.69, 9.17) is 4.74 Å². The molecule has 0 aliphatic heterocycles. The number of rotatable bonds is 8. The van der Waals surface area contributed by atoms with Gasteiger partial charge in [0.25, 0.3) is 11.8 Å². The van der Waals surface area contributed by atoms with Crippen molar-refractivity contribution >= 4 is 34.0 Å². The molecular weight excluding hydrogens is 436 g/mol. The summed E-state index contributed by atoms with van der Waals surface area (Å²) in [5.74, 6) is 0.337. The monoisotopic (exact) mass is 458 g/mol. The molecule has 1 aromatic heterocycles. The number of nitrogens with zero attached hydrogens (tertiary/aromatic N) is 2. The Morgan fingerprint density at radius 3 is 2.15 bits per heavy atom. The Labute approximate surface area is 195 Å². The van der Waals surface area contributed by atoms with E-state index in [1.54, 1.807) is 55.6 Å². The fraction of sp³-hybridized carbons (Fsp3) is 0.120. The molecule has 0 saturated heterocycles. The van der Waals surface area contributed by atoms with E-state index in [9.17, 15) is 9.59 Å². The van der Waals surface area contributed by atoms with Crippen LogP contribution in [0.2, 0.25) is 0 Å². The molecule has 0 bridgehead atoms. The number of hydrogen-bond acceptors (Lipinski definition) is 6. The average molecular weight is 459 g/mol. The second-order valence-electron chi connectivity index (χ2n) is 7.20. The molecule has 0 saturated carbocycles. The van der Waals surface area contributed by atoms with Gasteiger partial charge in [0.2, 0.25) is 5.13 Å². The van der Waals surface area contributed by atoms with Crippen LogP contribution in [0.25, 0.3) is 0 Å². The van der Waals surface area contributed by atoms with Crippen LogP contribution in [0.3, 0.4) is 0 Å². The highest BCUT2D eigenvalue weighted by Crippen LogP contribution is 2.20. The van der Waals surface area contributed by atoms with Crippen LogP contribution in [0.1, 0.15) is 31.3 Å². The van der Waals surface area contributed by atoms with Crippen molar-refractivity contribution in [1.82, 2.24) is 10.2 Å². The highest BCUT2D eigenvalue weighted by Gasteiger charge is 2.11. The third-order valence-electron chi connectivity index (χ3n) is 4.91. The fourth-order valence-corrected chi connectivity index (χ4v) is 3.85. The SMILES string of the molecule is COc1ccc(CCc2nnc(NC(=O)c3ccc(NC(=O)c4ccccc4)cc3)s2)cc1. The van der Waals surface area contributed by atoms with E-state index < -0.39 is 0 Å². The first-order valence-corrected chi connectivity index (χ1v) is 11.2. The van der Waals surface area contributed by atoms with Crippen molar-refractivity contribution in [1.29, 1.82) is 0 Å². The van der Waals surface area contributed by atoms with Gasteiger partial charge in [0.05, 0.1) is 7.11 Å². The maximum Gasteiger partial charge on any atom is 0.257 e. The van der Waals surface area contributed by atoms with Gasteiger partial charge in [-0.15, -0.1) is 10.2 Å². The molecule has 0 spiro atoms. The van der Waals surface area contributed by atoms with Gasteiger partial charge in [-0.3, -0.25) is 14.9 Å². The lowest BCUT2D eigenvalue weighted by Crippen LogP contribution is -2.13. The Bertz CT molecular complexity index is 1220. The van der Waals surface area contributed by atoms with Gasteiger partial charge in [-0.05, 0) is 60.5 Å². The van der Waals surface area contributed by atoms with Crippen molar-refractivity contribution in [3.63, 3.8) is 0 Å². The van der Waals surface area contributed by atoms with Gasteiger partial charge in [0.15, 0.2) is 0 Å². The highest BCUT2D eigenvalue weighted by atomic mass is 32.1. The minimum Gasteiger partial charge on any atom is -0.497 e. The zero-order chi connectivity index (χ0) is 23.0. The molecule has 2 amide bonds. The summed E-state index contributed by atoms with van der Waals surface area (Å²) < 4.78 is 5.17. The number of aromatic nitrogens is 2. The number of amides is 2. The van der Waals surface area contributed by atoms with E-state index in [2.05, 4.69) is 20.8 Å². The summed E-state index contributed by atoms with van der Waals surface area (Å²) >= 11 is 1.36. The van der Waals surface area contributed by atoms with Gasteiger partial charge < -0.3 is 10.1 Å². The number of nitrogens with one attached hydrogen (secondary N) is 2. The van der Waals surface area contributed by atoms with E-state index in [0.717, 1.165) is 23.6 Å². The van der Waals surface area contributed by atoms with Crippen LogP contribution in [0.5, 0.6) is 5.75 Å². The summed E-state index contributed by atoms with van der Waals surface area (Å²) in [6, 6.07) is 23.5. The molecule has 4 rings (SSSR count). The number of methoxy groups -OCH3 is 1. The van der Waals surface area contributed by atoms with E-state index in [1.165, 1.54) is 16.9 Å². The quantitative estimate of drug-likeness (QED) is 0.394. The summed E-state index contributed by atoms with van der Waals surface area (Å²) in [7, 11) is 1.64. The summed E-state index contributed by atoms with van der Waals surface area (Å²) in [5.41, 5.74) is 2.81. The maximum absolute atomic E-state index is 12.5. The van der Waals surface area contributed by atoms with Gasteiger partial charge in [-0.1, -0.05) is 41.7 Å². The molecule has 0 aliphatic carbocycles. The second-order valence-corrected chi connectivity index (χ2v) is 8.26. The molecule has 0 aliphatic rings. The third kappa shape index (κ3) is 6.02. The Morgan fingerprint density at radius 1 is 0.788 bits per heavy atom. The van der Waals surface area contributed by atoms with E-state index in [1.807, 2.05) is 30.3 Å². The Kier molecular flexibility index (Phi) is 7.06. The average Bonchev–Trinajstić information content (AvgIpc) is 3.31. The standard InChI is InChI=1S/C25H22N4O3S/c1-32-21-14-7-17(8-15-21)9-16-22-28-29-25(33-22)27-24(31)19-10-12-20(13-11-19)26-23(30)18-5-3-2-4-6-18/h2-8,10-15H,9,16H2,1H3,(H,26,30)(H,27,29,31). The van der Waals surface area contributed by atoms with Crippen LogP contribution in [-0.2, 0) is 12.8 Å². The Balaban J connectivity index is 1.30. The zero-order valence-corrected chi connectivity index (χ0v) is 18.8. The van der Waals surface area contributed by atoms with Crippen molar-refractivity contribution in [2.45, 2.75) is 12.8 Å². The molecule has 3 aromatic carbocycles. The Morgan fingerprint density at radius 2 is 1.45 bits per heavy atom. The van der Waals surface area contributed by atoms with Gasteiger partial charge >= 0.3 is 0 Å². The molecule has 0 unspecified atom stereocenters. The van der Waals surface area contributed by atoms with Crippen molar-refractivity contribution in [3.8, 4) is 5.75 Å². The van der Waals surface area contributed by atoms with Gasteiger partial charge in [0, 0.05) is 23.2 Å².